The van der Waals surface area contributed by atoms with Gasteiger partial charge in [0.05, 0.1) is 22.0 Å². The van der Waals surface area contributed by atoms with Crippen LogP contribution in [0, 0.1) is 6.92 Å². The molecule has 5 rings (SSSR count). The predicted molar refractivity (Wildman–Crippen MR) is 127 cm³/mol. The van der Waals surface area contributed by atoms with Crippen molar-refractivity contribution in [1.82, 2.24) is 15.5 Å². The first-order valence-corrected chi connectivity index (χ1v) is 11.0. The summed E-state index contributed by atoms with van der Waals surface area (Å²) >= 11 is 1.65. The van der Waals surface area contributed by atoms with Crippen LogP contribution in [0.3, 0.4) is 0 Å². The van der Waals surface area contributed by atoms with E-state index in [1.165, 1.54) is 5.56 Å². The van der Waals surface area contributed by atoms with E-state index in [0.29, 0.717) is 11.3 Å². The zero-order chi connectivity index (χ0) is 22.6. The first-order chi connectivity index (χ1) is 15.3. The second-order valence-corrected chi connectivity index (χ2v) is 8.92. The normalized spacial score (nSPS) is 15.0. The molecule has 160 valence electrons. The first kappa shape index (κ1) is 20.0. The standard InChI is InChI=1S/C24H21N5O2S/c1-11-7-19(32-10-11)22-15-9-13(3-6-17(15)28-29-22)14-4-5-16(25)21-20(14)18(27-24(21)31)8-12(2)23(26)30/h3-7,9-10,18H,2,8,25H2,1H3,(H2,26,30)(H,27,31)(H,28,29). The van der Waals surface area contributed by atoms with E-state index < -0.39 is 11.9 Å². The number of carbonyl (C=O) groups is 2. The van der Waals surface area contributed by atoms with Crippen molar-refractivity contribution >= 4 is 39.7 Å². The van der Waals surface area contributed by atoms with Crippen LogP contribution in [0.25, 0.3) is 32.6 Å². The summed E-state index contributed by atoms with van der Waals surface area (Å²) in [6.45, 7) is 5.81. The maximum atomic E-state index is 12.7. The number of nitrogen functional groups attached to an aromatic ring is 1. The molecule has 1 aliphatic heterocycles. The third kappa shape index (κ3) is 3.16. The number of H-pyrrole nitrogens is 1. The number of carbonyl (C=O) groups excluding carboxylic acids is 2. The largest absolute Gasteiger partial charge is 0.398 e. The van der Waals surface area contributed by atoms with Crippen LogP contribution < -0.4 is 16.8 Å². The third-order valence-corrected chi connectivity index (χ3v) is 6.85. The lowest BCUT2D eigenvalue weighted by Gasteiger charge is -2.17. The van der Waals surface area contributed by atoms with Gasteiger partial charge < -0.3 is 16.8 Å². The Labute approximate surface area is 188 Å². The summed E-state index contributed by atoms with van der Waals surface area (Å²) < 4.78 is 0. The lowest BCUT2D eigenvalue weighted by molar-refractivity contribution is -0.114. The number of anilines is 1. The lowest BCUT2D eigenvalue weighted by atomic mass is 9.89. The number of benzene rings is 2. The second kappa shape index (κ2) is 7.35. The van der Waals surface area contributed by atoms with Crippen molar-refractivity contribution < 1.29 is 9.59 Å². The summed E-state index contributed by atoms with van der Waals surface area (Å²) in [5.74, 6) is -0.852. The SMILES string of the molecule is C=C(CC1NC(=O)c2c(N)ccc(-c3ccc4[nH]nc(-c5cc(C)cs5)c4c3)c21)C(N)=O. The average Bonchev–Trinajstić information content (AvgIpc) is 3.45. The lowest BCUT2D eigenvalue weighted by Crippen LogP contribution is -2.22. The molecule has 0 aliphatic carbocycles. The monoisotopic (exact) mass is 443 g/mol. The number of thiophene rings is 1. The molecular formula is C24H21N5O2S. The topological polar surface area (TPSA) is 127 Å². The number of hydrogen-bond acceptors (Lipinski definition) is 5. The average molecular weight is 444 g/mol. The Morgan fingerprint density at radius 1 is 1.25 bits per heavy atom. The molecule has 1 aliphatic rings. The highest BCUT2D eigenvalue weighted by atomic mass is 32.1. The molecule has 3 heterocycles. The summed E-state index contributed by atoms with van der Waals surface area (Å²) in [6, 6.07) is 11.4. The minimum absolute atomic E-state index is 0.220. The molecule has 1 unspecified atom stereocenters. The summed E-state index contributed by atoms with van der Waals surface area (Å²) in [5, 5.41) is 13.6. The number of primary amides is 1. The number of rotatable bonds is 5. The van der Waals surface area contributed by atoms with Gasteiger partial charge in [-0.3, -0.25) is 14.7 Å². The fourth-order valence-corrected chi connectivity index (χ4v) is 5.13. The van der Waals surface area contributed by atoms with E-state index in [9.17, 15) is 9.59 Å². The molecule has 6 N–H and O–H groups in total. The molecule has 0 fully saturated rings. The van der Waals surface area contributed by atoms with Gasteiger partial charge in [0.25, 0.3) is 5.91 Å². The Kier molecular flexibility index (Phi) is 4.60. The molecule has 2 aromatic carbocycles. The van der Waals surface area contributed by atoms with Gasteiger partial charge in [0.2, 0.25) is 5.91 Å². The molecule has 8 heteroatoms. The molecular weight excluding hydrogens is 422 g/mol. The van der Waals surface area contributed by atoms with Gasteiger partial charge >= 0.3 is 0 Å². The molecule has 1 atom stereocenters. The third-order valence-electron chi connectivity index (χ3n) is 5.80. The van der Waals surface area contributed by atoms with Crippen molar-refractivity contribution in [2.24, 2.45) is 5.73 Å². The quantitative estimate of drug-likeness (QED) is 0.274. The molecule has 7 nitrogen and oxygen atoms in total. The zero-order valence-electron chi connectivity index (χ0n) is 17.4. The molecule has 0 saturated heterocycles. The van der Waals surface area contributed by atoms with Gasteiger partial charge in [0.15, 0.2) is 0 Å². The fourth-order valence-electron chi connectivity index (χ4n) is 4.23. The van der Waals surface area contributed by atoms with Crippen molar-refractivity contribution in [2.45, 2.75) is 19.4 Å². The van der Waals surface area contributed by atoms with Crippen molar-refractivity contribution in [3.63, 3.8) is 0 Å². The van der Waals surface area contributed by atoms with Crippen LogP contribution >= 0.6 is 11.3 Å². The number of aryl methyl sites for hydroxylation is 1. The minimum Gasteiger partial charge on any atom is -0.398 e. The van der Waals surface area contributed by atoms with E-state index in [0.717, 1.165) is 38.2 Å². The molecule has 0 spiro atoms. The molecule has 2 aromatic heterocycles. The van der Waals surface area contributed by atoms with E-state index in [4.69, 9.17) is 11.5 Å². The number of fused-ring (bicyclic) bond motifs is 2. The summed E-state index contributed by atoms with van der Waals surface area (Å²) in [5.41, 5.74) is 18.2. The molecule has 4 aromatic rings. The van der Waals surface area contributed by atoms with Crippen LogP contribution in [0.5, 0.6) is 0 Å². The van der Waals surface area contributed by atoms with Gasteiger partial charge in [-0.1, -0.05) is 18.7 Å². The van der Waals surface area contributed by atoms with Crippen LogP contribution in [0.4, 0.5) is 5.69 Å². The Hall–Kier alpha value is -3.91. The highest BCUT2D eigenvalue weighted by molar-refractivity contribution is 7.13. The molecule has 0 bridgehead atoms. The Morgan fingerprint density at radius 3 is 2.78 bits per heavy atom. The first-order valence-electron chi connectivity index (χ1n) is 10.1. The van der Waals surface area contributed by atoms with Gasteiger partial charge in [-0.15, -0.1) is 11.3 Å². The van der Waals surface area contributed by atoms with Crippen LogP contribution in [0.2, 0.25) is 0 Å². The van der Waals surface area contributed by atoms with Gasteiger partial charge in [0.1, 0.15) is 5.69 Å². The van der Waals surface area contributed by atoms with E-state index in [1.807, 2.05) is 18.2 Å². The highest BCUT2D eigenvalue weighted by Crippen LogP contribution is 2.41. The number of aromatic nitrogens is 2. The van der Waals surface area contributed by atoms with E-state index in [1.54, 1.807) is 17.4 Å². The Balaban J connectivity index is 1.67. The van der Waals surface area contributed by atoms with Gasteiger partial charge in [0, 0.05) is 23.1 Å². The summed E-state index contributed by atoms with van der Waals surface area (Å²) in [7, 11) is 0. The number of hydrogen-bond donors (Lipinski definition) is 4. The maximum absolute atomic E-state index is 12.7. The van der Waals surface area contributed by atoms with Crippen LogP contribution in [-0.4, -0.2) is 22.0 Å². The number of nitrogens with one attached hydrogen (secondary N) is 2. The number of nitrogens with zero attached hydrogens (tertiary/aromatic N) is 1. The highest BCUT2D eigenvalue weighted by Gasteiger charge is 2.34. The molecule has 2 amide bonds. The van der Waals surface area contributed by atoms with Crippen molar-refractivity contribution in [3.8, 4) is 21.7 Å². The number of amides is 2. The second-order valence-electron chi connectivity index (χ2n) is 8.01. The van der Waals surface area contributed by atoms with Crippen molar-refractivity contribution in [3.05, 3.63) is 70.6 Å². The van der Waals surface area contributed by atoms with Crippen LogP contribution in [0.1, 0.15) is 33.9 Å². The molecule has 0 radical (unpaired) electrons. The number of nitrogens with two attached hydrogens (primary N) is 2. The fraction of sp³-hybridized carbons (Fsp3) is 0.125. The molecule has 0 saturated carbocycles. The number of aromatic amines is 1. The Morgan fingerprint density at radius 2 is 2.06 bits per heavy atom. The van der Waals surface area contributed by atoms with Crippen LogP contribution in [-0.2, 0) is 4.79 Å². The zero-order valence-corrected chi connectivity index (χ0v) is 18.2. The van der Waals surface area contributed by atoms with Crippen molar-refractivity contribution in [2.75, 3.05) is 5.73 Å². The van der Waals surface area contributed by atoms with Gasteiger partial charge in [-0.2, -0.15) is 5.10 Å². The molecule has 32 heavy (non-hydrogen) atoms. The van der Waals surface area contributed by atoms with Crippen LogP contribution in [0.15, 0.2) is 53.9 Å². The van der Waals surface area contributed by atoms with E-state index >= 15 is 0 Å². The maximum Gasteiger partial charge on any atom is 0.254 e. The summed E-state index contributed by atoms with van der Waals surface area (Å²) in [6.07, 6.45) is 0.220. The van der Waals surface area contributed by atoms with E-state index in [2.05, 4.69) is 46.5 Å². The summed E-state index contributed by atoms with van der Waals surface area (Å²) in [4.78, 5) is 25.3. The predicted octanol–water partition coefficient (Wildman–Crippen LogP) is 4.07. The smallest absolute Gasteiger partial charge is 0.254 e. The van der Waals surface area contributed by atoms with Crippen molar-refractivity contribution in [1.29, 1.82) is 0 Å². The van der Waals surface area contributed by atoms with E-state index in [-0.39, 0.29) is 17.9 Å². The Bertz CT molecular complexity index is 1430. The minimum atomic E-state index is -0.589. The van der Waals surface area contributed by atoms with Gasteiger partial charge in [-0.05, 0) is 58.8 Å². The van der Waals surface area contributed by atoms with Gasteiger partial charge in [-0.25, -0.2) is 0 Å².